The number of carbonyl (C=O) groups excluding carboxylic acids is 1. The zero-order valence-electron chi connectivity index (χ0n) is 13.1. The Balaban J connectivity index is 1.65. The van der Waals surface area contributed by atoms with Gasteiger partial charge in [0.15, 0.2) is 0 Å². The lowest BCUT2D eigenvalue weighted by Gasteiger charge is -2.37. The van der Waals surface area contributed by atoms with Crippen LogP contribution in [-0.4, -0.2) is 24.0 Å². The maximum Gasteiger partial charge on any atom is 0.221 e. The third-order valence-corrected chi connectivity index (χ3v) is 4.13. The topological polar surface area (TPSA) is 41.1 Å². The number of rotatable bonds is 5. The Bertz CT molecular complexity index is 490. The molecule has 0 bridgehead atoms. The number of halogens is 1. The van der Waals surface area contributed by atoms with E-state index < -0.39 is 0 Å². The van der Waals surface area contributed by atoms with Crippen molar-refractivity contribution in [3.05, 3.63) is 34.9 Å². The van der Waals surface area contributed by atoms with Gasteiger partial charge in [-0.25, -0.2) is 0 Å². The van der Waals surface area contributed by atoms with E-state index in [0.717, 1.165) is 24.4 Å². The minimum absolute atomic E-state index is 0.108. The molecule has 1 amide bonds. The molecule has 2 rings (SSSR count). The van der Waals surface area contributed by atoms with Crippen LogP contribution in [0.3, 0.4) is 0 Å². The molecule has 0 radical (unpaired) electrons. The lowest BCUT2D eigenvalue weighted by Crippen LogP contribution is -2.44. The number of amides is 1. The smallest absolute Gasteiger partial charge is 0.221 e. The van der Waals surface area contributed by atoms with E-state index >= 15 is 0 Å². The molecule has 1 fully saturated rings. The van der Waals surface area contributed by atoms with Gasteiger partial charge in [0.1, 0.15) is 0 Å². The molecule has 1 aliphatic carbocycles. The molecular formula is C17H25ClN2O. The van der Waals surface area contributed by atoms with E-state index in [1.807, 2.05) is 39.0 Å². The normalized spacial score (nSPS) is 21.7. The van der Waals surface area contributed by atoms with Gasteiger partial charge in [0.25, 0.3) is 0 Å². The first-order chi connectivity index (χ1) is 9.85. The summed E-state index contributed by atoms with van der Waals surface area (Å²) in [6, 6.07) is 8.58. The van der Waals surface area contributed by atoms with Gasteiger partial charge >= 0.3 is 0 Å². The van der Waals surface area contributed by atoms with Crippen molar-refractivity contribution in [1.29, 1.82) is 0 Å². The highest BCUT2D eigenvalue weighted by atomic mass is 35.5. The maximum absolute atomic E-state index is 11.7. The van der Waals surface area contributed by atoms with Crippen molar-refractivity contribution in [3.8, 4) is 0 Å². The van der Waals surface area contributed by atoms with Gasteiger partial charge in [-0.1, -0.05) is 29.8 Å². The molecule has 0 unspecified atom stereocenters. The van der Waals surface area contributed by atoms with Crippen LogP contribution in [0.1, 0.15) is 51.5 Å². The van der Waals surface area contributed by atoms with E-state index in [2.05, 4.69) is 16.7 Å². The van der Waals surface area contributed by atoms with E-state index in [0.29, 0.717) is 18.4 Å². The van der Waals surface area contributed by atoms with Crippen molar-refractivity contribution < 1.29 is 4.79 Å². The first-order valence-electron chi connectivity index (χ1n) is 7.64. The molecule has 0 saturated heterocycles. The number of carbonyl (C=O) groups is 1. The van der Waals surface area contributed by atoms with E-state index in [9.17, 15) is 4.79 Å². The van der Waals surface area contributed by atoms with Gasteiger partial charge in [0.2, 0.25) is 5.91 Å². The SMILES string of the molecule is CC(C)(C)NC(=O)CCNC1CC(c2ccccc2Cl)C1. The number of nitrogens with one attached hydrogen (secondary N) is 2. The quantitative estimate of drug-likeness (QED) is 0.874. The average molecular weight is 309 g/mol. The molecule has 0 aliphatic heterocycles. The Morgan fingerprint density at radius 3 is 2.57 bits per heavy atom. The predicted octanol–water partition coefficient (Wildman–Crippen LogP) is 3.48. The van der Waals surface area contributed by atoms with Crippen LogP contribution < -0.4 is 10.6 Å². The molecule has 0 spiro atoms. The summed E-state index contributed by atoms with van der Waals surface area (Å²) in [6.07, 6.45) is 2.74. The molecular weight excluding hydrogens is 284 g/mol. The molecule has 3 nitrogen and oxygen atoms in total. The van der Waals surface area contributed by atoms with Gasteiger partial charge in [-0.05, 0) is 51.2 Å². The molecule has 21 heavy (non-hydrogen) atoms. The van der Waals surface area contributed by atoms with Crippen molar-refractivity contribution in [1.82, 2.24) is 10.6 Å². The van der Waals surface area contributed by atoms with Crippen molar-refractivity contribution in [2.24, 2.45) is 0 Å². The molecule has 1 saturated carbocycles. The molecule has 2 N–H and O–H groups in total. The molecule has 1 aromatic rings. The van der Waals surface area contributed by atoms with Crippen LogP contribution in [0, 0.1) is 0 Å². The van der Waals surface area contributed by atoms with Gasteiger partial charge in [0, 0.05) is 29.6 Å². The molecule has 116 valence electrons. The highest BCUT2D eigenvalue weighted by Crippen LogP contribution is 2.39. The Morgan fingerprint density at radius 2 is 1.95 bits per heavy atom. The molecule has 1 aromatic carbocycles. The highest BCUT2D eigenvalue weighted by molar-refractivity contribution is 6.31. The van der Waals surface area contributed by atoms with Crippen molar-refractivity contribution in [3.63, 3.8) is 0 Å². The Kier molecular flexibility index (Phi) is 5.28. The second kappa shape index (κ2) is 6.80. The number of hydrogen-bond acceptors (Lipinski definition) is 2. The molecule has 1 aliphatic rings. The largest absolute Gasteiger partial charge is 0.351 e. The third kappa shape index (κ3) is 5.01. The third-order valence-electron chi connectivity index (χ3n) is 3.78. The standard InChI is InChI=1S/C17H25ClN2O/c1-17(2,3)20-16(21)8-9-19-13-10-12(11-13)14-6-4-5-7-15(14)18/h4-7,12-13,19H,8-11H2,1-3H3,(H,20,21). The predicted molar refractivity (Wildman–Crippen MR) is 87.7 cm³/mol. The minimum Gasteiger partial charge on any atom is -0.351 e. The summed E-state index contributed by atoms with van der Waals surface area (Å²) in [5.41, 5.74) is 1.10. The second-order valence-corrected chi connectivity index (χ2v) is 7.30. The van der Waals surface area contributed by atoms with E-state index in [-0.39, 0.29) is 11.4 Å². The fraction of sp³-hybridized carbons (Fsp3) is 0.588. The first kappa shape index (κ1) is 16.3. The van der Waals surface area contributed by atoms with Gasteiger partial charge < -0.3 is 10.6 Å². The fourth-order valence-corrected chi connectivity index (χ4v) is 3.01. The monoisotopic (exact) mass is 308 g/mol. The summed E-state index contributed by atoms with van der Waals surface area (Å²) in [5.74, 6) is 0.663. The summed E-state index contributed by atoms with van der Waals surface area (Å²) in [7, 11) is 0. The van der Waals surface area contributed by atoms with Crippen LogP contribution in [0.25, 0.3) is 0 Å². The van der Waals surface area contributed by atoms with Gasteiger partial charge in [-0.15, -0.1) is 0 Å². The lowest BCUT2D eigenvalue weighted by atomic mass is 9.76. The van der Waals surface area contributed by atoms with Crippen LogP contribution in [0.15, 0.2) is 24.3 Å². The van der Waals surface area contributed by atoms with Crippen LogP contribution in [0.5, 0.6) is 0 Å². The molecule has 4 heteroatoms. The molecule has 0 aromatic heterocycles. The summed E-state index contributed by atoms with van der Waals surface area (Å²) in [4.78, 5) is 11.7. The number of benzene rings is 1. The summed E-state index contributed by atoms with van der Waals surface area (Å²) >= 11 is 6.21. The highest BCUT2D eigenvalue weighted by Gasteiger charge is 2.30. The zero-order chi connectivity index (χ0) is 15.5. The Labute approximate surface area is 132 Å². The van der Waals surface area contributed by atoms with Crippen molar-refractivity contribution >= 4 is 17.5 Å². The van der Waals surface area contributed by atoms with Crippen LogP contribution in [-0.2, 0) is 4.79 Å². The number of hydrogen-bond donors (Lipinski definition) is 2. The van der Waals surface area contributed by atoms with Crippen LogP contribution >= 0.6 is 11.6 Å². The van der Waals surface area contributed by atoms with E-state index in [1.165, 1.54) is 5.56 Å². The average Bonchev–Trinajstić information content (AvgIpc) is 2.31. The van der Waals surface area contributed by atoms with E-state index in [4.69, 9.17) is 11.6 Å². The van der Waals surface area contributed by atoms with E-state index in [1.54, 1.807) is 0 Å². The lowest BCUT2D eigenvalue weighted by molar-refractivity contribution is -0.122. The fourth-order valence-electron chi connectivity index (χ4n) is 2.72. The van der Waals surface area contributed by atoms with Gasteiger partial charge in [0.05, 0.1) is 0 Å². The molecule has 0 atom stereocenters. The zero-order valence-corrected chi connectivity index (χ0v) is 13.8. The Hall–Kier alpha value is -1.06. The van der Waals surface area contributed by atoms with Crippen LogP contribution in [0.2, 0.25) is 5.02 Å². The minimum atomic E-state index is -0.150. The van der Waals surface area contributed by atoms with Crippen LogP contribution in [0.4, 0.5) is 0 Å². The van der Waals surface area contributed by atoms with Crippen molar-refractivity contribution in [2.75, 3.05) is 6.54 Å². The molecule has 0 heterocycles. The Morgan fingerprint density at radius 1 is 1.29 bits per heavy atom. The first-order valence-corrected chi connectivity index (χ1v) is 8.02. The second-order valence-electron chi connectivity index (χ2n) is 6.89. The summed E-state index contributed by atoms with van der Waals surface area (Å²) < 4.78 is 0. The van der Waals surface area contributed by atoms with Gasteiger partial charge in [-0.3, -0.25) is 4.79 Å². The van der Waals surface area contributed by atoms with Gasteiger partial charge in [-0.2, -0.15) is 0 Å². The summed E-state index contributed by atoms with van der Waals surface area (Å²) in [6.45, 7) is 6.73. The maximum atomic E-state index is 11.7. The summed E-state index contributed by atoms with van der Waals surface area (Å²) in [5, 5.41) is 7.29. The van der Waals surface area contributed by atoms with Crippen molar-refractivity contribution in [2.45, 2.75) is 57.5 Å².